The molecule has 0 amide bonds. The molecule has 1 aromatic heterocycles. The second-order valence-corrected chi connectivity index (χ2v) is 5.55. The molecule has 0 aliphatic rings. The fourth-order valence-electron chi connectivity index (χ4n) is 1.17. The lowest BCUT2D eigenvalue weighted by Crippen LogP contribution is -1.70. The number of hydrogen-bond acceptors (Lipinski definition) is 2. The Morgan fingerprint density at radius 3 is 2.54 bits per heavy atom. The van der Waals surface area contributed by atoms with Crippen LogP contribution in [0.2, 0.25) is 0 Å². The lowest BCUT2D eigenvalue weighted by molar-refractivity contribution is 0.285. The topological polar surface area (TPSA) is 20.2 Å². The molecule has 1 N–H and O–H groups in total. The van der Waals surface area contributed by atoms with Crippen molar-refractivity contribution < 1.29 is 5.11 Å². The van der Waals surface area contributed by atoms with Gasteiger partial charge in [0.2, 0.25) is 0 Å². The van der Waals surface area contributed by atoms with Gasteiger partial charge in [-0.1, -0.05) is 0 Å². The van der Waals surface area contributed by atoms with Crippen molar-refractivity contribution in [1.29, 1.82) is 0 Å². The molecule has 1 aromatic carbocycles. The van der Waals surface area contributed by atoms with Crippen LogP contribution in [0.1, 0.15) is 4.88 Å². The first-order chi connectivity index (χ1) is 6.20. The molecule has 68 valence electrons. The summed E-state index contributed by atoms with van der Waals surface area (Å²) >= 11 is 8.51. The Morgan fingerprint density at radius 2 is 1.85 bits per heavy atom. The second-order valence-electron chi connectivity index (χ2n) is 2.67. The second kappa shape index (κ2) is 3.69. The zero-order valence-corrected chi connectivity index (χ0v) is 10.5. The van der Waals surface area contributed by atoms with Crippen molar-refractivity contribution in [2.75, 3.05) is 0 Å². The molecule has 4 heteroatoms. The van der Waals surface area contributed by atoms with Crippen LogP contribution < -0.4 is 0 Å². The average Bonchev–Trinajstić information content (AvgIpc) is 2.48. The van der Waals surface area contributed by atoms with Gasteiger partial charge in [0.05, 0.1) is 6.61 Å². The third-order valence-corrected chi connectivity index (χ3v) is 4.69. The molecule has 0 atom stereocenters. The SMILES string of the molecule is OCc1cc2cc(Br)c(Br)cc2s1. The van der Waals surface area contributed by atoms with Crippen LogP contribution in [0.15, 0.2) is 27.1 Å². The number of halogens is 2. The Labute approximate surface area is 96.6 Å². The third kappa shape index (κ3) is 1.81. The van der Waals surface area contributed by atoms with E-state index in [2.05, 4.69) is 44.0 Å². The summed E-state index contributed by atoms with van der Waals surface area (Å²) in [6, 6.07) is 6.12. The summed E-state index contributed by atoms with van der Waals surface area (Å²) in [4.78, 5) is 1.00. The molecule has 0 bridgehead atoms. The highest BCUT2D eigenvalue weighted by Crippen LogP contribution is 2.33. The zero-order valence-electron chi connectivity index (χ0n) is 6.55. The molecule has 0 aliphatic heterocycles. The number of aliphatic hydroxyl groups is 1. The van der Waals surface area contributed by atoms with Crippen LogP contribution in [-0.2, 0) is 6.61 Å². The minimum absolute atomic E-state index is 0.120. The van der Waals surface area contributed by atoms with Gasteiger partial charge in [-0.2, -0.15) is 0 Å². The van der Waals surface area contributed by atoms with Crippen molar-refractivity contribution in [3.63, 3.8) is 0 Å². The van der Waals surface area contributed by atoms with E-state index in [1.165, 1.54) is 10.1 Å². The highest BCUT2D eigenvalue weighted by Gasteiger charge is 2.04. The van der Waals surface area contributed by atoms with Gasteiger partial charge in [0.1, 0.15) is 0 Å². The van der Waals surface area contributed by atoms with Gasteiger partial charge in [-0.3, -0.25) is 0 Å². The predicted molar refractivity (Wildman–Crippen MR) is 63.1 cm³/mol. The van der Waals surface area contributed by atoms with Gasteiger partial charge in [-0.25, -0.2) is 0 Å². The van der Waals surface area contributed by atoms with E-state index in [0.717, 1.165) is 13.8 Å². The summed E-state index contributed by atoms with van der Waals surface area (Å²) < 4.78 is 3.28. The molecule has 0 fully saturated rings. The van der Waals surface area contributed by atoms with Gasteiger partial charge < -0.3 is 5.11 Å². The molecule has 2 rings (SSSR count). The first kappa shape index (κ1) is 9.65. The number of fused-ring (bicyclic) bond motifs is 1. The first-order valence-corrected chi connectivity index (χ1v) is 6.09. The fraction of sp³-hybridized carbons (Fsp3) is 0.111. The number of hydrogen-bond donors (Lipinski definition) is 1. The van der Waals surface area contributed by atoms with Crippen LogP contribution in [0.5, 0.6) is 0 Å². The van der Waals surface area contributed by atoms with Crippen molar-refractivity contribution in [3.8, 4) is 0 Å². The summed E-state index contributed by atoms with van der Waals surface area (Å²) in [6.07, 6.45) is 0. The van der Waals surface area contributed by atoms with E-state index in [0.29, 0.717) is 0 Å². The monoisotopic (exact) mass is 320 g/mol. The quantitative estimate of drug-likeness (QED) is 0.844. The van der Waals surface area contributed by atoms with E-state index >= 15 is 0 Å². The van der Waals surface area contributed by atoms with E-state index in [1.807, 2.05) is 6.07 Å². The number of rotatable bonds is 1. The molecular formula is C9H6Br2OS. The Kier molecular flexibility index (Phi) is 2.74. The lowest BCUT2D eigenvalue weighted by Gasteiger charge is -1.94. The van der Waals surface area contributed by atoms with E-state index in [1.54, 1.807) is 11.3 Å². The molecule has 1 heterocycles. The number of aliphatic hydroxyl groups excluding tert-OH is 1. The summed E-state index contributed by atoms with van der Waals surface area (Å²) in [5.74, 6) is 0. The van der Waals surface area contributed by atoms with Gasteiger partial charge in [-0.15, -0.1) is 11.3 Å². The molecule has 13 heavy (non-hydrogen) atoms. The fourth-order valence-corrected chi connectivity index (χ4v) is 2.97. The van der Waals surface area contributed by atoms with E-state index in [4.69, 9.17) is 5.11 Å². The molecule has 1 nitrogen and oxygen atoms in total. The molecule has 0 spiro atoms. The molecule has 0 saturated heterocycles. The van der Waals surface area contributed by atoms with Crippen LogP contribution in [-0.4, -0.2) is 5.11 Å². The van der Waals surface area contributed by atoms with E-state index < -0.39 is 0 Å². The van der Waals surface area contributed by atoms with Crippen LogP contribution >= 0.6 is 43.2 Å². The smallest absolute Gasteiger partial charge is 0.0774 e. The number of benzene rings is 1. The molecular weight excluding hydrogens is 316 g/mol. The van der Waals surface area contributed by atoms with Crippen molar-refractivity contribution in [1.82, 2.24) is 0 Å². The van der Waals surface area contributed by atoms with Gasteiger partial charge >= 0.3 is 0 Å². The maximum atomic E-state index is 8.96. The standard InChI is InChI=1S/C9H6Br2OS/c10-7-2-5-1-6(4-12)13-9(5)3-8(7)11/h1-3,12H,4H2. The van der Waals surface area contributed by atoms with Gasteiger partial charge in [0.25, 0.3) is 0 Å². The highest BCUT2D eigenvalue weighted by molar-refractivity contribution is 9.13. The normalized spacial score (nSPS) is 11.0. The summed E-state index contributed by atoms with van der Waals surface area (Å²) in [5.41, 5.74) is 0. The predicted octanol–water partition coefficient (Wildman–Crippen LogP) is 3.92. The maximum Gasteiger partial charge on any atom is 0.0774 e. The maximum absolute atomic E-state index is 8.96. The Hall–Kier alpha value is 0.1000. The molecule has 0 aliphatic carbocycles. The van der Waals surface area contributed by atoms with Crippen LogP contribution in [0, 0.1) is 0 Å². The Morgan fingerprint density at radius 1 is 1.15 bits per heavy atom. The lowest BCUT2D eigenvalue weighted by atomic mass is 10.2. The van der Waals surface area contributed by atoms with Crippen LogP contribution in [0.25, 0.3) is 10.1 Å². The van der Waals surface area contributed by atoms with Gasteiger partial charge in [-0.05, 0) is 55.4 Å². The Bertz CT molecular complexity index is 411. The van der Waals surface area contributed by atoms with Crippen molar-refractivity contribution in [3.05, 3.63) is 32.0 Å². The number of thiophene rings is 1. The third-order valence-electron chi connectivity index (χ3n) is 1.77. The van der Waals surface area contributed by atoms with Crippen molar-refractivity contribution in [2.24, 2.45) is 0 Å². The van der Waals surface area contributed by atoms with E-state index in [-0.39, 0.29) is 6.61 Å². The van der Waals surface area contributed by atoms with Crippen LogP contribution in [0.4, 0.5) is 0 Å². The molecule has 2 aromatic rings. The van der Waals surface area contributed by atoms with Gasteiger partial charge in [0.15, 0.2) is 0 Å². The minimum atomic E-state index is 0.120. The molecule has 0 saturated carbocycles. The van der Waals surface area contributed by atoms with E-state index in [9.17, 15) is 0 Å². The Balaban J connectivity index is 2.70. The first-order valence-electron chi connectivity index (χ1n) is 3.69. The molecule has 0 radical (unpaired) electrons. The van der Waals surface area contributed by atoms with Gasteiger partial charge in [0, 0.05) is 18.5 Å². The van der Waals surface area contributed by atoms with Crippen LogP contribution in [0.3, 0.4) is 0 Å². The molecule has 0 unspecified atom stereocenters. The van der Waals surface area contributed by atoms with Crippen molar-refractivity contribution >= 4 is 53.3 Å². The average molecular weight is 322 g/mol. The zero-order chi connectivity index (χ0) is 9.42. The summed E-state index contributed by atoms with van der Waals surface area (Å²) in [6.45, 7) is 0.120. The minimum Gasteiger partial charge on any atom is -0.391 e. The van der Waals surface area contributed by atoms with Crippen molar-refractivity contribution in [2.45, 2.75) is 6.61 Å². The largest absolute Gasteiger partial charge is 0.391 e. The highest BCUT2D eigenvalue weighted by atomic mass is 79.9. The summed E-state index contributed by atoms with van der Waals surface area (Å²) in [5, 5.41) is 10.1. The summed E-state index contributed by atoms with van der Waals surface area (Å²) in [7, 11) is 0.